The summed E-state index contributed by atoms with van der Waals surface area (Å²) < 4.78 is 11.8. The first-order chi connectivity index (χ1) is 18.9. The molecule has 3 fully saturated rings. The van der Waals surface area contributed by atoms with Crippen LogP contribution in [0.3, 0.4) is 0 Å². The summed E-state index contributed by atoms with van der Waals surface area (Å²) in [5.41, 5.74) is 0.155. The van der Waals surface area contributed by atoms with Crippen molar-refractivity contribution in [2.24, 2.45) is 11.8 Å². The second-order valence-electron chi connectivity index (χ2n) is 10.9. The van der Waals surface area contributed by atoms with E-state index in [2.05, 4.69) is 10.6 Å². The van der Waals surface area contributed by atoms with Crippen molar-refractivity contribution in [3.63, 3.8) is 0 Å². The Labute approximate surface area is 232 Å². The lowest BCUT2D eigenvalue weighted by atomic mass is 9.74. The molecule has 5 atom stereocenters. The molecule has 1 aliphatic carbocycles. The molecule has 9 heteroatoms. The highest BCUT2D eigenvalue weighted by atomic mass is 35.5. The summed E-state index contributed by atoms with van der Waals surface area (Å²) >= 11 is 6.11. The largest absolute Gasteiger partial charge is 0.497 e. The van der Waals surface area contributed by atoms with Gasteiger partial charge in [0.05, 0.1) is 25.0 Å². The number of benzene rings is 2. The highest BCUT2D eigenvalue weighted by Gasteiger charge is 2.72. The number of hydrogen-bond donors (Lipinski definition) is 2. The standard InChI is InChI=1S/C30H32ClN3O5/c1-38-22-12-5-7-18(15-22)17-34-26(28(36)32-20-9-3-2-4-10-20)30-14-13-23(39-30)24(25(30)29(34)37)27(35)33-21-11-6-8-19(31)16-21/h5-8,11-16,20,23-26H,2-4,9-10,17H2,1H3,(H,32,36)(H,33,35)/t23-,24-,25-,26+,30+/m1/s1. The van der Waals surface area contributed by atoms with E-state index in [0.29, 0.717) is 16.5 Å². The van der Waals surface area contributed by atoms with Crippen molar-refractivity contribution in [1.82, 2.24) is 10.2 Å². The monoisotopic (exact) mass is 549 g/mol. The molecule has 2 aromatic rings. The van der Waals surface area contributed by atoms with Gasteiger partial charge in [0.2, 0.25) is 17.7 Å². The number of ether oxygens (including phenoxy) is 2. The van der Waals surface area contributed by atoms with Crippen LogP contribution in [0, 0.1) is 11.8 Å². The van der Waals surface area contributed by atoms with E-state index in [1.807, 2.05) is 36.4 Å². The van der Waals surface area contributed by atoms with Crippen molar-refractivity contribution in [1.29, 1.82) is 0 Å². The number of anilines is 1. The third-order valence-electron chi connectivity index (χ3n) is 8.46. The van der Waals surface area contributed by atoms with Crippen LogP contribution in [0.15, 0.2) is 60.7 Å². The van der Waals surface area contributed by atoms with Crippen molar-refractivity contribution >= 4 is 35.0 Å². The molecule has 39 heavy (non-hydrogen) atoms. The van der Waals surface area contributed by atoms with Crippen LogP contribution < -0.4 is 15.4 Å². The molecule has 1 saturated carbocycles. The number of methoxy groups -OCH3 is 1. The predicted octanol–water partition coefficient (Wildman–Crippen LogP) is 4.09. The van der Waals surface area contributed by atoms with Crippen LogP contribution in [0.25, 0.3) is 0 Å². The van der Waals surface area contributed by atoms with Gasteiger partial charge < -0.3 is 25.0 Å². The van der Waals surface area contributed by atoms with Gasteiger partial charge in [-0.05, 0) is 48.7 Å². The minimum Gasteiger partial charge on any atom is -0.497 e. The minimum atomic E-state index is -1.21. The van der Waals surface area contributed by atoms with E-state index < -0.39 is 29.6 Å². The highest BCUT2D eigenvalue weighted by Crippen LogP contribution is 2.55. The average Bonchev–Trinajstić information content (AvgIpc) is 3.57. The molecule has 0 radical (unpaired) electrons. The van der Waals surface area contributed by atoms with Crippen molar-refractivity contribution in [3.05, 3.63) is 71.3 Å². The molecule has 2 N–H and O–H groups in total. The molecule has 0 unspecified atom stereocenters. The van der Waals surface area contributed by atoms with Crippen LogP contribution in [0.5, 0.6) is 5.75 Å². The van der Waals surface area contributed by atoms with Crippen molar-refractivity contribution in [2.45, 2.75) is 62.4 Å². The number of rotatable bonds is 7. The summed E-state index contributed by atoms with van der Waals surface area (Å²) in [6.07, 6.45) is 8.20. The Hall–Kier alpha value is -3.36. The van der Waals surface area contributed by atoms with Gasteiger partial charge >= 0.3 is 0 Å². The van der Waals surface area contributed by atoms with Crippen LogP contribution in [-0.4, -0.2) is 53.5 Å². The summed E-state index contributed by atoms with van der Waals surface area (Å²) in [5, 5.41) is 6.61. The van der Waals surface area contributed by atoms with Gasteiger partial charge in [0.15, 0.2) is 0 Å². The Morgan fingerprint density at radius 3 is 2.67 bits per heavy atom. The first-order valence-corrected chi connectivity index (χ1v) is 13.9. The van der Waals surface area contributed by atoms with Gasteiger partial charge in [-0.25, -0.2) is 0 Å². The molecule has 204 valence electrons. The number of halogens is 1. The van der Waals surface area contributed by atoms with E-state index in [9.17, 15) is 14.4 Å². The smallest absolute Gasteiger partial charge is 0.246 e. The maximum absolute atomic E-state index is 14.2. The van der Waals surface area contributed by atoms with E-state index in [1.54, 1.807) is 36.3 Å². The molecule has 6 rings (SSSR count). The zero-order valence-corrected chi connectivity index (χ0v) is 22.5. The van der Waals surface area contributed by atoms with E-state index in [0.717, 1.165) is 31.2 Å². The van der Waals surface area contributed by atoms with Crippen LogP contribution >= 0.6 is 11.6 Å². The second kappa shape index (κ2) is 10.3. The highest BCUT2D eigenvalue weighted by molar-refractivity contribution is 6.30. The molecular weight excluding hydrogens is 518 g/mol. The molecule has 1 spiro atoms. The lowest BCUT2D eigenvalue weighted by Crippen LogP contribution is -2.56. The maximum Gasteiger partial charge on any atom is 0.246 e. The maximum atomic E-state index is 14.2. The molecule has 8 nitrogen and oxygen atoms in total. The number of fused-ring (bicyclic) bond motifs is 1. The summed E-state index contributed by atoms with van der Waals surface area (Å²) in [4.78, 5) is 43.3. The Kier molecular flexibility index (Phi) is 6.85. The number of carbonyl (C=O) groups is 3. The van der Waals surface area contributed by atoms with Gasteiger partial charge in [0.25, 0.3) is 0 Å². The zero-order valence-electron chi connectivity index (χ0n) is 21.8. The van der Waals surface area contributed by atoms with Gasteiger partial charge in [0.1, 0.15) is 17.4 Å². The van der Waals surface area contributed by atoms with Crippen molar-refractivity contribution < 1.29 is 23.9 Å². The quantitative estimate of drug-likeness (QED) is 0.507. The van der Waals surface area contributed by atoms with Gasteiger partial charge in [-0.3, -0.25) is 14.4 Å². The normalized spacial score (nSPS) is 29.4. The molecule has 3 aliphatic heterocycles. The fourth-order valence-electron chi connectivity index (χ4n) is 6.72. The number of carbonyl (C=O) groups excluding carboxylic acids is 3. The average molecular weight is 550 g/mol. The van der Waals surface area contributed by atoms with Crippen LogP contribution in [-0.2, 0) is 25.7 Å². The molecule has 3 amide bonds. The Morgan fingerprint density at radius 2 is 1.90 bits per heavy atom. The molecule has 4 aliphatic rings. The summed E-state index contributed by atoms with van der Waals surface area (Å²) in [5.74, 6) is -1.76. The summed E-state index contributed by atoms with van der Waals surface area (Å²) in [6, 6.07) is 13.5. The van der Waals surface area contributed by atoms with E-state index >= 15 is 0 Å². The number of nitrogens with one attached hydrogen (secondary N) is 2. The van der Waals surface area contributed by atoms with E-state index in [-0.39, 0.29) is 30.3 Å². The topological polar surface area (TPSA) is 97.0 Å². The fraction of sp³-hybridized carbons (Fsp3) is 0.433. The molecule has 3 heterocycles. The van der Waals surface area contributed by atoms with Crippen LogP contribution in [0.4, 0.5) is 5.69 Å². The molecule has 2 aromatic carbocycles. The first kappa shape index (κ1) is 25.9. The number of hydrogen-bond acceptors (Lipinski definition) is 5. The SMILES string of the molecule is COc1cccc(CN2C(=O)[C@H]3[C@H](C(=O)Nc4cccc(Cl)c4)[C@H]4C=C[C@@]3(O4)[C@@H]2C(=O)NC2CCCCC2)c1. The second-order valence-corrected chi connectivity index (χ2v) is 11.3. The number of amides is 3. The predicted molar refractivity (Wildman–Crippen MR) is 146 cm³/mol. The van der Waals surface area contributed by atoms with E-state index in [1.165, 1.54) is 6.42 Å². The number of likely N-dealkylation sites (tertiary alicyclic amines) is 1. The van der Waals surface area contributed by atoms with Crippen molar-refractivity contribution in [2.75, 3.05) is 12.4 Å². The molecule has 0 aromatic heterocycles. The number of nitrogens with zero attached hydrogens (tertiary/aromatic N) is 1. The third kappa shape index (κ3) is 4.59. The summed E-state index contributed by atoms with van der Waals surface area (Å²) in [7, 11) is 1.59. The summed E-state index contributed by atoms with van der Waals surface area (Å²) in [6.45, 7) is 0.196. The Balaban J connectivity index is 1.33. The van der Waals surface area contributed by atoms with Gasteiger partial charge in [-0.2, -0.15) is 0 Å². The zero-order chi connectivity index (χ0) is 27.1. The third-order valence-corrected chi connectivity index (χ3v) is 8.69. The minimum absolute atomic E-state index is 0.0694. The van der Waals surface area contributed by atoms with Crippen molar-refractivity contribution in [3.8, 4) is 5.75 Å². The van der Waals surface area contributed by atoms with Gasteiger partial charge in [-0.15, -0.1) is 0 Å². The molecular formula is C30H32ClN3O5. The van der Waals surface area contributed by atoms with E-state index in [4.69, 9.17) is 21.1 Å². The van der Waals surface area contributed by atoms with Gasteiger partial charge in [0, 0.05) is 23.3 Å². The van der Waals surface area contributed by atoms with Crippen LogP contribution in [0.1, 0.15) is 37.7 Å². The first-order valence-electron chi connectivity index (χ1n) is 13.6. The van der Waals surface area contributed by atoms with Crippen LogP contribution in [0.2, 0.25) is 5.02 Å². The molecule has 2 saturated heterocycles. The van der Waals surface area contributed by atoms with Gasteiger partial charge in [-0.1, -0.05) is 61.2 Å². The lowest BCUT2D eigenvalue weighted by molar-refractivity contribution is -0.142. The Bertz CT molecular complexity index is 1330. The Morgan fingerprint density at radius 1 is 1.10 bits per heavy atom. The molecule has 2 bridgehead atoms. The fourth-order valence-corrected chi connectivity index (χ4v) is 6.91. The lowest BCUT2D eigenvalue weighted by Gasteiger charge is -2.34.